The molecule has 0 unspecified atom stereocenters. The fraction of sp³-hybridized carbons (Fsp3) is 0.444. The fourth-order valence-electron chi connectivity index (χ4n) is 1.25. The van der Waals surface area contributed by atoms with E-state index in [2.05, 4.69) is 6.07 Å². The van der Waals surface area contributed by atoms with E-state index in [9.17, 15) is 4.79 Å². The predicted molar refractivity (Wildman–Crippen MR) is 46.1 cm³/mol. The van der Waals surface area contributed by atoms with Gasteiger partial charge >= 0.3 is 0 Å². The highest BCUT2D eigenvalue weighted by Gasteiger charge is 2.22. The summed E-state index contributed by atoms with van der Waals surface area (Å²) in [5.74, 6) is 0.878. The Morgan fingerprint density at radius 2 is 2.45 bits per heavy atom. The zero-order valence-electron chi connectivity index (χ0n) is 6.25. The van der Waals surface area contributed by atoms with Crippen LogP contribution in [0.4, 0.5) is 0 Å². The first-order chi connectivity index (χ1) is 5.40. The molecule has 0 N–H and O–H groups in total. The van der Waals surface area contributed by atoms with Gasteiger partial charge in [0.25, 0.3) is 0 Å². The standard InChI is InChI=1S/C9H10OS/c10-6-9-8(3-4-11-9)5-7-1-2-7/h3-4,6-7H,1-2,5H2. The molecule has 0 amide bonds. The molecule has 1 heterocycles. The molecule has 58 valence electrons. The summed E-state index contributed by atoms with van der Waals surface area (Å²) in [5.41, 5.74) is 1.26. The summed E-state index contributed by atoms with van der Waals surface area (Å²) in [5, 5.41) is 2.00. The van der Waals surface area contributed by atoms with Crippen molar-refractivity contribution in [2.24, 2.45) is 5.92 Å². The van der Waals surface area contributed by atoms with E-state index < -0.39 is 0 Å². The predicted octanol–water partition coefficient (Wildman–Crippen LogP) is 2.51. The summed E-state index contributed by atoms with van der Waals surface area (Å²) in [7, 11) is 0. The summed E-state index contributed by atoms with van der Waals surface area (Å²) >= 11 is 1.55. The minimum Gasteiger partial charge on any atom is -0.297 e. The summed E-state index contributed by atoms with van der Waals surface area (Å²) in [4.78, 5) is 11.4. The maximum absolute atomic E-state index is 10.5. The molecular formula is C9H10OS. The average molecular weight is 166 g/mol. The molecule has 2 heteroatoms. The Labute approximate surface area is 70.1 Å². The van der Waals surface area contributed by atoms with Gasteiger partial charge in [0.05, 0.1) is 4.88 Å². The van der Waals surface area contributed by atoms with E-state index >= 15 is 0 Å². The van der Waals surface area contributed by atoms with Crippen molar-refractivity contribution in [2.75, 3.05) is 0 Å². The van der Waals surface area contributed by atoms with Crippen LogP contribution in [0.25, 0.3) is 0 Å². The topological polar surface area (TPSA) is 17.1 Å². The molecule has 1 nitrogen and oxygen atoms in total. The molecule has 0 bridgehead atoms. The molecule has 0 saturated heterocycles. The zero-order chi connectivity index (χ0) is 7.68. The van der Waals surface area contributed by atoms with Gasteiger partial charge in [0.2, 0.25) is 0 Å². The Balaban J connectivity index is 2.13. The summed E-state index contributed by atoms with van der Waals surface area (Å²) in [6.45, 7) is 0. The van der Waals surface area contributed by atoms with Crippen LogP contribution >= 0.6 is 11.3 Å². The van der Waals surface area contributed by atoms with Gasteiger partial charge in [0.15, 0.2) is 6.29 Å². The van der Waals surface area contributed by atoms with Crippen molar-refractivity contribution in [2.45, 2.75) is 19.3 Å². The van der Waals surface area contributed by atoms with Gasteiger partial charge in [0.1, 0.15) is 0 Å². The molecule has 0 radical (unpaired) electrons. The second-order valence-corrected chi connectivity index (χ2v) is 4.02. The molecule has 2 rings (SSSR count). The molecule has 0 aliphatic heterocycles. The minimum absolute atomic E-state index is 0.878. The quantitative estimate of drug-likeness (QED) is 0.630. The number of aldehydes is 1. The molecule has 1 aromatic heterocycles. The molecule has 0 aromatic carbocycles. The summed E-state index contributed by atoms with van der Waals surface area (Å²) in [6, 6.07) is 2.08. The van der Waals surface area contributed by atoms with Crippen LogP contribution in [0.2, 0.25) is 0 Å². The van der Waals surface area contributed by atoms with Gasteiger partial charge in [-0.2, -0.15) is 0 Å². The highest BCUT2D eigenvalue weighted by atomic mass is 32.1. The lowest BCUT2D eigenvalue weighted by molar-refractivity contribution is 0.112. The van der Waals surface area contributed by atoms with Gasteiger partial charge in [0, 0.05) is 0 Å². The van der Waals surface area contributed by atoms with E-state index in [1.165, 1.54) is 18.4 Å². The van der Waals surface area contributed by atoms with Crippen LogP contribution in [0.1, 0.15) is 28.1 Å². The number of carbonyl (C=O) groups is 1. The molecule has 1 aromatic rings. The van der Waals surface area contributed by atoms with Crippen LogP contribution in [0, 0.1) is 5.92 Å². The fourth-order valence-corrected chi connectivity index (χ4v) is 1.99. The van der Waals surface area contributed by atoms with Gasteiger partial charge in [-0.05, 0) is 42.2 Å². The lowest BCUT2D eigenvalue weighted by Gasteiger charge is -1.93. The van der Waals surface area contributed by atoms with Gasteiger partial charge in [-0.25, -0.2) is 0 Å². The third-order valence-corrected chi connectivity index (χ3v) is 2.98. The zero-order valence-corrected chi connectivity index (χ0v) is 7.06. The molecule has 0 atom stereocenters. The number of hydrogen-bond donors (Lipinski definition) is 0. The highest BCUT2D eigenvalue weighted by molar-refractivity contribution is 7.11. The van der Waals surface area contributed by atoms with Gasteiger partial charge in [-0.3, -0.25) is 4.79 Å². The Morgan fingerprint density at radius 1 is 1.64 bits per heavy atom. The molecule has 1 aliphatic carbocycles. The second kappa shape index (κ2) is 2.78. The highest BCUT2D eigenvalue weighted by Crippen LogP contribution is 2.34. The lowest BCUT2D eigenvalue weighted by Crippen LogP contribution is -1.87. The van der Waals surface area contributed by atoms with Crippen molar-refractivity contribution in [1.82, 2.24) is 0 Å². The van der Waals surface area contributed by atoms with Gasteiger partial charge < -0.3 is 0 Å². The average Bonchev–Trinajstić information content (AvgIpc) is 2.68. The van der Waals surface area contributed by atoms with Crippen LogP contribution in [-0.4, -0.2) is 6.29 Å². The largest absolute Gasteiger partial charge is 0.297 e. The first-order valence-corrected chi connectivity index (χ1v) is 4.79. The van der Waals surface area contributed by atoms with E-state index in [0.717, 1.165) is 23.5 Å². The third kappa shape index (κ3) is 1.51. The first-order valence-electron chi connectivity index (χ1n) is 3.91. The molecule has 1 fully saturated rings. The summed E-state index contributed by atoms with van der Waals surface area (Å²) in [6.07, 6.45) is 4.81. The number of rotatable bonds is 3. The Bertz CT molecular complexity index is 260. The van der Waals surface area contributed by atoms with E-state index in [-0.39, 0.29) is 0 Å². The Hall–Kier alpha value is -0.630. The van der Waals surface area contributed by atoms with Crippen LogP contribution in [-0.2, 0) is 6.42 Å². The van der Waals surface area contributed by atoms with Crippen LogP contribution in [0.5, 0.6) is 0 Å². The third-order valence-electron chi connectivity index (χ3n) is 2.09. The van der Waals surface area contributed by atoms with Crippen molar-refractivity contribution in [1.29, 1.82) is 0 Å². The molecule has 1 aliphatic rings. The SMILES string of the molecule is O=Cc1sccc1CC1CC1. The normalized spacial score (nSPS) is 16.7. The van der Waals surface area contributed by atoms with E-state index in [1.54, 1.807) is 11.3 Å². The maximum atomic E-state index is 10.5. The smallest absolute Gasteiger partial charge is 0.160 e. The minimum atomic E-state index is 0.878. The second-order valence-electron chi connectivity index (χ2n) is 3.08. The molecular weight excluding hydrogens is 156 g/mol. The summed E-state index contributed by atoms with van der Waals surface area (Å²) < 4.78 is 0. The van der Waals surface area contributed by atoms with E-state index in [0.29, 0.717) is 0 Å². The van der Waals surface area contributed by atoms with Crippen molar-refractivity contribution in [3.63, 3.8) is 0 Å². The number of thiophene rings is 1. The van der Waals surface area contributed by atoms with Crippen molar-refractivity contribution < 1.29 is 4.79 Å². The Morgan fingerprint density at radius 3 is 3.09 bits per heavy atom. The maximum Gasteiger partial charge on any atom is 0.160 e. The van der Waals surface area contributed by atoms with Crippen LogP contribution in [0.15, 0.2) is 11.4 Å². The van der Waals surface area contributed by atoms with Crippen LogP contribution in [0.3, 0.4) is 0 Å². The van der Waals surface area contributed by atoms with Crippen molar-refractivity contribution >= 4 is 17.6 Å². The van der Waals surface area contributed by atoms with E-state index in [1.807, 2.05) is 5.38 Å². The van der Waals surface area contributed by atoms with Crippen molar-refractivity contribution in [3.8, 4) is 0 Å². The number of carbonyl (C=O) groups excluding carboxylic acids is 1. The van der Waals surface area contributed by atoms with E-state index in [4.69, 9.17) is 0 Å². The monoisotopic (exact) mass is 166 g/mol. The molecule has 11 heavy (non-hydrogen) atoms. The van der Waals surface area contributed by atoms with Crippen molar-refractivity contribution in [3.05, 3.63) is 21.9 Å². The van der Waals surface area contributed by atoms with Crippen LogP contribution < -0.4 is 0 Å². The molecule has 1 saturated carbocycles. The Kier molecular flexibility index (Phi) is 1.78. The van der Waals surface area contributed by atoms with Gasteiger partial charge in [-0.1, -0.05) is 0 Å². The first kappa shape index (κ1) is 7.04. The van der Waals surface area contributed by atoms with Gasteiger partial charge in [-0.15, -0.1) is 11.3 Å². The number of hydrogen-bond acceptors (Lipinski definition) is 2. The lowest BCUT2D eigenvalue weighted by atomic mass is 10.1. The molecule has 0 spiro atoms.